The van der Waals surface area contributed by atoms with Crippen LogP contribution in [0, 0.1) is 5.92 Å². The molecule has 3 atom stereocenters. The Bertz CT molecular complexity index is 669. The number of rotatable bonds is 1. The molecule has 0 fully saturated rings. The van der Waals surface area contributed by atoms with E-state index in [0.717, 1.165) is 12.8 Å². The Hall–Kier alpha value is -2.30. The molecule has 2 rings (SSSR count). The fourth-order valence-electron chi connectivity index (χ4n) is 2.88. The van der Waals surface area contributed by atoms with Crippen molar-refractivity contribution in [3.8, 4) is 5.75 Å². The number of para-hydroxylation sites is 1. The Balaban J connectivity index is 2.36. The molecule has 0 spiro atoms. The van der Waals surface area contributed by atoms with E-state index in [0.29, 0.717) is 17.2 Å². The van der Waals surface area contributed by atoms with Gasteiger partial charge in [0.15, 0.2) is 0 Å². The Morgan fingerprint density at radius 1 is 1.12 bits per heavy atom. The van der Waals surface area contributed by atoms with Gasteiger partial charge in [0.1, 0.15) is 11.8 Å². The summed E-state index contributed by atoms with van der Waals surface area (Å²) in [5, 5.41) is 3.09. The largest absolute Gasteiger partial charge is 0.490 e. The third-order valence-corrected chi connectivity index (χ3v) is 4.88. The summed E-state index contributed by atoms with van der Waals surface area (Å²) in [6, 6.07) is 6.66. The van der Waals surface area contributed by atoms with E-state index in [1.807, 2.05) is 13.0 Å². The van der Waals surface area contributed by atoms with Gasteiger partial charge in [-0.25, -0.2) is 0 Å². The molecule has 0 aliphatic carbocycles. The van der Waals surface area contributed by atoms with Gasteiger partial charge < -0.3 is 15.0 Å². The summed E-state index contributed by atoms with van der Waals surface area (Å²) in [7, 11) is 1.66. The van der Waals surface area contributed by atoms with Crippen LogP contribution >= 0.6 is 0 Å². The molecule has 1 aromatic carbocycles. The van der Waals surface area contributed by atoms with Crippen molar-refractivity contribution in [3.05, 3.63) is 42.0 Å². The van der Waals surface area contributed by atoms with Gasteiger partial charge in [-0.2, -0.15) is 0 Å². The quantitative estimate of drug-likeness (QED) is 0.783. The number of likely N-dealkylation sites (N-methyl/N-ethyl adjacent to an activating group) is 1. The fraction of sp³-hybridized carbons (Fsp3) is 0.524. The SMILES string of the molecule is CC(C)[C@@H]1C/C=C\C[C@H](C)Oc2ccccc2C(=O)N(C)[C@H](C)C(=O)N1. The summed E-state index contributed by atoms with van der Waals surface area (Å²) < 4.78 is 6.00. The smallest absolute Gasteiger partial charge is 0.258 e. The van der Waals surface area contributed by atoms with E-state index in [4.69, 9.17) is 4.74 Å². The van der Waals surface area contributed by atoms with Crippen molar-refractivity contribution in [3.63, 3.8) is 0 Å². The molecule has 1 aromatic rings. The van der Waals surface area contributed by atoms with E-state index in [1.54, 1.807) is 32.2 Å². The lowest BCUT2D eigenvalue weighted by Gasteiger charge is -2.29. The minimum atomic E-state index is -0.568. The van der Waals surface area contributed by atoms with Gasteiger partial charge in [-0.05, 0) is 38.3 Å². The van der Waals surface area contributed by atoms with Gasteiger partial charge in [0, 0.05) is 19.5 Å². The number of nitrogens with zero attached hydrogens (tertiary/aromatic N) is 1. The van der Waals surface area contributed by atoms with E-state index in [9.17, 15) is 9.59 Å². The van der Waals surface area contributed by atoms with Crippen LogP contribution in [-0.2, 0) is 4.79 Å². The molecular weight excluding hydrogens is 328 g/mol. The first-order valence-corrected chi connectivity index (χ1v) is 9.29. The Kier molecular flexibility index (Phi) is 6.83. The standard InChI is InChI=1S/C21H30N2O3/c1-14(2)18-12-8-6-10-15(3)26-19-13-9-7-11-17(19)21(25)23(5)16(4)20(24)22-18/h6-9,11,13-16,18H,10,12H2,1-5H3,(H,22,24)/b8-6-/t15-,16+,18-/m0/s1. The number of benzene rings is 1. The highest BCUT2D eigenvalue weighted by molar-refractivity contribution is 5.99. The van der Waals surface area contributed by atoms with Crippen LogP contribution < -0.4 is 10.1 Å². The molecule has 26 heavy (non-hydrogen) atoms. The van der Waals surface area contributed by atoms with Gasteiger partial charge in [-0.3, -0.25) is 9.59 Å². The van der Waals surface area contributed by atoms with Crippen LogP contribution in [0.4, 0.5) is 0 Å². The van der Waals surface area contributed by atoms with E-state index < -0.39 is 6.04 Å². The summed E-state index contributed by atoms with van der Waals surface area (Å²) in [6.07, 6.45) is 5.64. The molecule has 0 saturated carbocycles. The molecule has 5 heteroatoms. The number of hydrogen-bond donors (Lipinski definition) is 1. The monoisotopic (exact) mass is 358 g/mol. The molecule has 0 saturated heterocycles. The third kappa shape index (κ3) is 4.87. The second-order valence-corrected chi connectivity index (χ2v) is 7.32. The fourth-order valence-corrected chi connectivity index (χ4v) is 2.88. The highest BCUT2D eigenvalue weighted by Crippen LogP contribution is 2.23. The number of ether oxygens (including phenoxy) is 1. The lowest BCUT2D eigenvalue weighted by Crippen LogP contribution is -2.50. The van der Waals surface area contributed by atoms with Gasteiger partial charge in [0.25, 0.3) is 5.91 Å². The van der Waals surface area contributed by atoms with Crippen molar-refractivity contribution in [2.75, 3.05) is 7.05 Å². The molecule has 0 bridgehead atoms. The Labute approximate surface area is 156 Å². The molecular formula is C21H30N2O3. The number of nitrogens with one attached hydrogen (secondary N) is 1. The Morgan fingerprint density at radius 3 is 2.46 bits per heavy atom. The van der Waals surface area contributed by atoms with Crippen LogP contribution in [0.1, 0.15) is 50.9 Å². The highest BCUT2D eigenvalue weighted by Gasteiger charge is 2.27. The minimum absolute atomic E-state index is 0.0381. The van der Waals surface area contributed by atoms with Crippen LogP contribution in [0.3, 0.4) is 0 Å². The summed E-state index contributed by atoms with van der Waals surface area (Å²) in [5.41, 5.74) is 0.475. The van der Waals surface area contributed by atoms with Crippen molar-refractivity contribution in [1.29, 1.82) is 0 Å². The molecule has 0 unspecified atom stereocenters. The molecule has 1 aliphatic rings. The minimum Gasteiger partial charge on any atom is -0.490 e. The van der Waals surface area contributed by atoms with Crippen molar-refractivity contribution in [2.24, 2.45) is 5.92 Å². The first-order valence-electron chi connectivity index (χ1n) is 9.29. The number of fused-ring (bicyclic) bond motifs is 1. The zero-order chi connectivity index (χ0) is 19.3. The van der Waals surface area contributed by atoms with E-state index in [2.05, 4.69) is 31.3 Å². The van der Waals surface area contributed by atoms with Crippen molar-refractivity contribution in [2.45, 2.75) is 58.7 Å². The lowest BCUT2D eigenvalue weighted by atomic mass is 9.99. The van der Waals surface area contributed by atoms with Crippen LogP contribution in [0.25, 0.3) is 0 Å². The number of hydrogen-bond acceptors (Lipinski definition) is 3. The van der Waals surface area contributed by atoms with E-state index >= 15 is 0 Å². The summed E-state index contributed by atoms with van der Waals surface area (Å²) >= 11 is 0. The number of amides is 2. The maximum absolute atomic E-state index is 12.9. The summed E-state index contributed by atoms with van der Waals surface area (Å²) in [4.78, 5) is 27.1. The predicted octanol–water partition coefficient (Wildman–Crippen LogP) is 3.41. The number of carbonyl (C=O) groups is 2. The van der Waals surface area contributed by atoms with E-state index in [-0.39, 0.29) is 24.0 Å². The average Bonchev–Trinajstić information content (AvgIpc) is 2.61. The molecule has 0 aromatic heterocycles. The summed E-state index contributed by atoms with van der Waals surface area (Å²) in [6.45, 7) is 7.91. The molecule has 1 aliphatic heterocycles. The molecule has 5 nitrogen and oxygen atoms in total. The third-order valence-electron chi connectivity index (χ3n) is 4.88. The highest BCUT2D eigenvalue weighted by atomic mass is 16.5. The van der Waals surface area contributed by atoms with Gasteiger partial charge in [-0.1, -0.05) is 38.1 Å². The normalized spacial score (nSPS) is 26.5. The zero-order valence-corrected chi connectivity index (χ0v) is 16.4. The average molecular weight is 358 g/mol. The first kappa shape index (κ1) is 20.0. The van der Waals surface area contributed by atoms with Crippen molar-refractivity contribution >= 4 is 11.8 Å². The second kappa shape index (κ2) is 8.88. The zero-order valence-electron chi connectivity index (χ0n) is 16.4. The van der Waals surface area contributed by atoms with Gasteiger partial charge in [-0.15, -0.1) is 0 Å². The second-order valence-electron chi connectivity index (χ2n) is 7.32. The maximum Gasteiger partial charge on any atom is 0.258 e. The van der Waals surface area contributed by atoms with Gasteiger partial charge >= 0.3 is 0 Å². The molecule has 0 radical (unpaired) electrons. The Morgan fingerprint density at radius 2 is 1.77 bits per heavy atom. The first-order chi connectivity index (χ1) is 12.3. The summed E-state index contributed by atoms with van der Waals surface area (Å²) in [5.74, 6) is 0.495. The molecule has 1 heterocycles. The van der Waals surface area contributed by atoms with Crippen LogP contribution in [-0.4, -0.2) is 41.9 Å². The van der Waals surface area contributed by atoms with Crippen LogP contribution in [0.5, 0.6) is 5.75 Å². The lowest BCUT2D eigenvalue weighted by molar-refractivity contribution is -0.125. The molecule has 142 valence electrons. The van der Waals surface area contributed by atoms with Crippen molar-refractivity contribution in [1.82, 2.24) is 10.2 Å². The predicted molar refractivity (Wildman–Crippen MR) is 103 cm³/mol. The maximum atomic E-state index is 12.9. The van der Waals surface area contributed by atoms with Crippen LogP contribution in [0.15, 0.2) is 36.4 Å². The topological polar surface area (TPSA) is 58.6 Å². The van der Waals surface area contributed by atoms with Crippen LogP contribution in [0.2, 0.25) is 0 Å². The molecule has 1 N–H and O–H groups in total. The van der Waals surface area contributed by atoms with Gasteiger partial charge in [0.2, 0.25) is 5.91 Å². The van der Waals surface area contributed by atoms with Crippen molar-refractivity contribution < 1.29 is 14.3 Å². The van der Waals surface area contributed by atoms with Gasteiger partial charge in [0.05, 0.1) is 11.7 Å². The number of carbonyl (C=O) groups excluding carboxylic acids is 2. The molecule has 2 amide bonds. The van der Waals surface area contributed by atoms with E-state index in [1.165, 1.54) is 4.90 Å².